The molecular formula is C20H14BrCl2NO2. The number of furan rings is 1. The molecule has 0 saturated carbocycles. The lowest BCUT2D eigenvalue weighted by Crippen LogP contribution is -2.07. The van der Waals surface area contributed by atoms with Crippen LogP contribution in [-0.4, -0.2) is 5.91 Å². The highest BCUT2D eigenvalue weighted by molar-refractivity contribution is 9.10. The van der Waals surface area contributed by atoms with E-state index in [0.29, 0.717) is 27.1 Å². The zero-order chi connectivity index (χ0) is 18.7. The van der Waals surface area contributed by atoms with Crippen LogP contribution < -0.4 is 5.32 Å². The molecule has 0 radical (unpaired) electrons. The van der Waals surface area contributed by atoms with Gasteiger partial charge in [0.2, 0.25) is 5.91 Å². The number of carbonyl (C=O) groups is 1. The summed E-state index contributed by atoms with van der Waals surface area (Å²) in [6, 6.07) is 14.5. The van der Waals surface area contributed by atoms with E-state index in [1.54, 1.807) is 30.3 Å². The zero-order valence-electron chi connectivity index (χ0n) is 13.7. The van der Waals surface area contributed by atoms with Crippen LogP contribution in [0.1, 0.15) is 11.3 Å². The van der Waals surface area contributed by atoms with Crippen LogP contribution >= 0.6 is 39.1 Å². The van der Waals surface area contributed by atoms with Crippen molar-refractivity contribution in [3.63, 3.8) is 0 Å². The Morgan fingerprint density at radius 2 is 1.96 bits per heavy atom. The largest absolute Gasteiger partial charge is 0.457 e. The van der Waals surface area contributed by atoms with Crippen molar-refractivity contribution < 1.29 is 9.21 Å². The smallest absolute Gasteiger partial charge is 0.248 e. The highest BCUT2D eigenvalue weighted by Crippen LogP contribution is 2.34. The molecule has 0 saturated heterocycles. The molecule has 0 fully saturated rings. The zero-order valence-corrected chi connectivity index (χ0v) is 16.8. The van der Waals surface area contributed by atoms with Crippen LogP contribution in [0, 0.1) is 6.92 Å². The monoisotopic (exact) mass is 449 g/mol. The van der Waals surface area contributed by atoms with Crippen molar-refractivity contribution in [2.24, 2.45) is 0 Å². The first-order valence-corrected chi connectivity index (χ1v) is 9.28. The number of nitrogens with one attached hydrogen (secondary N) is 1. The SMILES string of the molecule is Cc1cc(NC(=O)C=Cc2ccc(-c3cccc(Cl)c3Cl)o2)ccc1Br. The predicted octanol–water partition coefficient (Wildman–Crippen LogP) is 6.98. The molecule has 0 unspecified atom stereocenters. The molecule has 0 aliphatic heterocycles. The minimum Gasteiger partial charge on any atom is -0.457 e. The van der Waals surface area contributed by atoms with Crippen molar-refractivity contribution in [2.75, 3.05) is 5.32 Å². The molecular weight excluding hydrogens is 437 g/mol. The molecule has 0 bridgehead atoms. The van der Waals surface area contributed by atoms with Gasteiger partial charge in [0.1, 0.15) is 11.5 Å². The number of aryl methyl sites for hydroxylation is 1. The summed E-state index contributed by atoms with van der Waals surface area (Å²) in [6.45, 7) is 1.96. The quantitative estimate of drug-likeness (QED) is 0.435. The summed E-state index contributed by atoms with van der Waals surface area (Å²) < 4.78 is 6.72. The fraction of sp³-hybridized carbons (Fsp3) is 0.0500. The fourth-order valence-corrected chi connectivity index (χ4v) is 2.99. The number of halogens is 3. The Bertz CT molecular complexity index is 995. The minimum atomic E-state index is -0.245. The molecule has 3 rings (SSSR count). The van der Waals surface area contributed by atoms with E-state index in [-0.39, 0.29) is 5.91 Å². The molecule has 1 aromatic heterocycles. The van der Waals surface area contributed by atoms with E-state index < -0.39 is 0 Å². The second kappa shape index (κ2) is 8.12. The van der Waals surface area contributed by atoms with Gasteiger partial charge in [-0.3, -0.25) is 4.79 Å². The lowest BCUT2D eigenvalue weighted by Gasteiger charge is -2.04. The molecule has 0 atom stereocenters. The van der Waals surface area contributed by atoms with Crippen LogP contribution in [-0.2, 0) is 4.79 Å². The first-order valence-electron chi connectivity index (χ1n) is 7.73. The number of amides is 1. The highest BCUT2D eigenvalue weighted by atomic mass is 79.9. The van der Waals surface area contributed by atoms with Gasteiger partial charge in [0.25, 0.3) is 0 Å². The van der Waals surface area contributed by atoms with Gasteiger partial charge in [0.15, 0.2) is 0 Å². The van der Waals surface area contributed by atoms with Crippen LogP contribution in [0.5, 0.6) is 0 Å². The van der Waals surface area contributed by atoms with E-state index in [9.17, 15) is 4.79 Å². The van der Waals surface area contributed by atoms with E-state index in [1.807, 2.05) is 31.2 Å². The van der Waals surface area contributed by atoms with Gasteiger partial charge >= 0.3 is 0 Å². The molecule has 3 nitrogen and oxygen atoms in total. The van der Waals surface area contributed by atoms with E-state index in [0.717, 1.165) is 15.7 Å². The fourth-order valence-electron chi connectivity index (χ4n) is 2.35. The Kier molecular flexibility index (Phi) is 5.87. The molecule has 3 aromatic rings. The summed E-state index contributed by atoms with van der Waals surface area (Å²) in [4.78, 5) is 12.1. The third-order valence-electron chi connectivity index (χ3n) is 3.67. The average Bonchev–Trinajstić information content (AvgIpc) is 3.07. The van der Waals surface area contributed by atoms with Gasteiger partial charge in [0, 0.05) is 21.8 Å². The average molecular weight is 451 g/mol. The maximum absolute atomic E-state index is 12.1. The van der Waals surface area contributed by atoms with E-state index >= 15 is 0 Å². The second-order valence-corrected chi connectivity index (χ2v) is 7.23. The molecule has 6 heteroatoms. The standard InChI is InChI=1S/C20H14BrCl2NO2/c1-12-11-13(5-8-16(12)21)24-19(25)10-7-14-6-9-18(26-14)15-3-2-4-17(22)20(15)23/h2-11H,1H3,(H,24,25). The molecule has 0 aliphatic rings. The number of benzene rings is 2. The maximum Gasteiger partial charge on any atom is 0.248 e. The molecule has 26 heavy (non-hydrogen) atoms. The lowest BCUT2D eigenvalue weighted by atomic mass is 10.2. The van der Waals surface area contributed by atoms with Crippen LogP contribution in [0.4, 0.5) is 5.69 Å². The Labute approximate surface area is 169 Å². The lowest BCUT2D eigenvalue weighted by molar-refractivity contribution is -0.111. The second-order valence-electron chi connectivity index (χ2n) is 5.59. The summed E-state index contributed by atoms with van der Waals surface area (Å²) in [5, 5.41) is 3.70. The number of anilines is 1. The molecule has 1 N–H and O–H groups in total. The van der Waals surface area contributed by atoms with E-state index in [1.165, 1.54) is 6.08 Å². The first-order chi connectivity index (χ1) is 12.4. The normalized spacial score (nSPS) is 11.1. The topological polar surface area (TPSA) is 42.2 Å². The highest BCUT2D eigenvalue weighted by Gasteiger charge is 2.10. The Hall–Kier alpha value is -2.01. The first kappa shape index (κ1) is 18.8. The van der Waals surface area contributed by atoms with Gasteiger partial charge in [-0.05, 0) is 61.0 Å². The summed E-state index contributed by atoms with van der Waals surface area (Å²) in [6.07, 6.45) is 3.02. The molecule has 0 spiro atoms. The van der Waals surface area contributed by atoms with E-state index in [2.05, 4.69) is 21.2 Å². The Morgan fingerprint density at radius 3 is 2.73 bits per heavy atom. The van der Waals surface area contributed by atoms with Gasteiger partial charge in [-0.1, -0.05) is 45.2 Å². The third-order valence-corrected chi connectivity index (χ3v) is 5.38. The van der Waals surface area contributed by atoms with Crippen molar-refractivity contribution in [3.05, 3.63) is 80.4 Å². The summed E-state index contributed by atoms with van der Waals surface area (Å²) in [5.41, 5.74) is 2.47. The molecule has 1 amide bonds. The van der Waals surface area contributed by atoms with Crippen molar-refractivity contribution in [3.8, 4) is 11.3 Å². The van der Waals surface area contributed by atoms with Crippen molar-refractivity contribution in [2.45, 2.75) is 6.92 Å². The van der Waals surface area contributed by atoms with Crippen molar-refractivity contribution in [1.29, 1.82) is 0 Å². The van der Waals surface area contributed by atoms with Crippen LogP contribution in [0.2, 0.25) is 10.0 Å². The van der Waals surface area contributed by atoms with Crippen LogP contribution in [0.3, 0.4) is 0 Å². The maximum atomic E-state index is 12.1. The van der Waals surface area contributed by atoms with E-state index in [4.69, 9.17) is 27.6 Å². The molecule has 1 heterocycles. The molecule has 2 aromatic carbocycles. The van der Waals surface area contributed by atoms with Gasteiger partial charge in [-0.25, -0.2) is 0 Å². The van der Waals surface area contributed by atoms with Crippen molar-refractivity contribution in [1.82, 2.24) is 0 Å². The van der Waals surface area contributed by atoms with Gasteiger partial charge < -0.3 is 9.73 Å². The summed E-state index contributed by atoms with van der Waals surface area (Å²) in [7, 11) is 0. The molecule has 0 aliphatic carbocycles. The van der Waals surface area contributed by atoms with Gasteiger partial charge in [-0.2, -0.15) is 0 Å². The number of carbonyl (C=O) groups excluding carboxylic acids is 1. The Morgan fingerprint density at radius 1 is 1.15 bits per heavy atom. The Balaban J connectivity index is 1.71. The summed E-state index contributed by atoms with van der Waals surface area (Å²) >= 11 is 15.7. The van der Waals surface area contributed by atoms with Crippen LogP contribution in [0.15, 0.2) is 63.5 Å². The minimum absolute atomic E-state index is 0.245. The summed E-state index contributed by atoms with van der Waals surface area (Å²) in [5.74, 6) is 0.879. The van der Waals surface area contributed by atoms with Crippen LogP contribution in [0.25, 0.3) is 17.4 Å². The predicted molar refractivity (Wildman–Crippen MR) is 111 cm³/mol. The molecule has 132 valence electrons. The third kappa shape index (κ3) is 4.39. The van der Waals surface area contributed by atoms with Gasteiger partial charge in [-0.15, -0.1) is 0 Å². The number of hydrogen-bond acceptors (Lipinski definition) is 2. The number of rotatable bonds is 4. The number of hydrogen-bond donors (Lipinski definition) is 1. The van der Waals surface area contributed by atoms with Crippen molar-refractivity contribution >= 4 is 56.8 Å². The van der Waals surface area contributed by atoms with Gasteiger partial charge in [0.05, 0.1) is 10.0 Å².